The molecular formula is C11H7BrF3NO2. The maximum absolute atomic E-state index is 12.4. The highest BCUT2D eigenvalue weighted by atomic mass is 79.9. The summed E-state index contributed by atoms with van der Waals surface area (Å²) < 4.78 is 38.7. The van der Waals surface area contributed by atoms with Gasteiger partial charge in [-0.1, -0.05) is 15.9 Å². The van der Waals surface area contributed by atoms with Crippen molar-refractivity contribution in [2.24, 2.45) is 0 Å². The fraction of sp³-hybridized carbons (Fsp3) is 0.182. The van der Waals surface area contributed by atoms with Crippen LogP contribution in [0.2, 0.25) is 0 Å². The molecule has 2 rings (SSSR count). The molecule has 0 aliphatic heterocycles. The first kappa shape index (κ1) is 12.9. The number of aromatic nitrogens is 1. The zero-order valence-corrected chi connectivity index (χ0v) is 10.4. The summed E-state index contributed by atoms with van der Waals surface area (Å²) in [4.78, 5) is 11.0. The molecule has 0 saturated carbocycles. The van der Waals surface area contributed by atoms with Gasteiger partial charge in [0.15, 0.2) is 0 Å². The van der Waals surface area contributed by atoms with Crippen LogP contribution < -0.4 is 0 Å². The minimum Gasteiger partial charge on any atom is -0.478 e. The van der Waals surface area contributed by atoms with Gasteiger partial charge in [0.05, 0.1) is 5.56 Å². The Hall–Kier alpha value is -1.50. The summed E-state index contributed by atoms with van der Waals surface area (Å²) in [7, 11) is 0. The monoisotopic (exact) mass is 321 g/mol. The number of alkyl halides is 3. The number of carboxylic acid groups (broad SMARTS) is 1. The highest BCUT2D eigenvalue weighted by molar-refractivity contribution is 9.10. The van der Waals surface area contributed by atoms with Crippen molar-refractivity contribution in [2.75, 3.05) is 0 Å². The van der Waals surface area contributed by atoms with Crippen LogP contribution in [-0.2, 0) is 6.54 Å². The van der Waals surface area contributed by atoms with E-state index in [0.29, 0.717) is 4.47 Å². The third kappa shape index (κ3) is 2.50. The summed E-state index contributed by atoms with van der Waals surface area (Å²) in [5, 5.41) is 9.25. The Labute approximate surface area is 108 Å². The van der Waals surface area contributed by atoms with E-state index in [9.17, 15) is 18.0 Å². The van der Waals surface area contributed by atoms with E-state index in [0.717, 1.165) is 10.8 Å². The van der Waals surface area contributed by atoms with Gasteiger partial charge in [0.2, 0.25) is 0 Å². The zero-order chi connectivity index (χ0) is 13.5. The number of halogens is 4. The number of rotatable bonds is 2. The lowest BCUT2D eigenvalue weighted by atomic mass is 10.2. The first-order chi connectivity index (χ1) is 8.28. The largest absolute Gasteiger partial charge is 0.478 e. The normalized spacial score (nSPS) is 12.0. The maximum Gasteiger partial charge on any atom is 0.406 e. The van der Waals surface area contributed by atoms with E-state index in [2.05, 4.69) is 15.9 Å². The number of carbonyl (C=O) groups is 1. The van der Waals surface area contributed by atoms with Crippen LogP contribution in [0.15, 0.2) is 28.9 Å². The molecule has 0 radical (unpaired) electrons. The molecular weight excluding hydrogens is 315 g/mol. The molecule has 1 aromatic heterocycles. The van der Waals surface area contributed by atoms with Gasteiger partial charge in [-0.05, 0) is 18.2 Å². The second-order valence-corrected chi connectivity index (χ2v) is 4.67. The van der Waals surface area contributed by atoms with Crippen molar-refractivity contribution >= 4 is 32.8 Å². The van der Waals surface area contributed by atoms with Gasteiger partial charge >= 0.3 is 12.1 Å². The molecule has 0 aliphatic carbocycles. The molecule has 0 unspecified atom stereocenters. The molecule has 2 aromatic rings. The van der Waals surface area contributed by atoms with Gasteiger partial charge in [-0.25, -0.2) is 4.79 Å². The van der Waals surface area contributed by atoms with Crippen molar-refractivity contribution in [3.05, 3.63) is 34.4 Å². The van der Waals surface area contributed by atoms with E-state index >= 15 is 0 Å². The van der Waals surface area contributed by atoms with E-state index in [4.69, 9.17) is 5.11 Å². The number of hydrogen-bond donors (Lipinski definition) is 1. The summed E-state index contributed by atoms with van der Waals surface area (Å²) in [6.45, 7) is -1.21. The van der Waals surface area contributed by atoms with Crippen LogP contribution in [0.4, 0.5) is 13.2 Å². The summed E-state index contributed by atoms with van der Waals surface area (Å²) >= 11 is 3.16. The number of nitrogens with zero attached hydrogens (tertiary/aromatic N) is 1. The molecule has 0 amide bonds. The van der Waals surface area contributed by atoms with Gasteiger partial charge in [-0.2, -0.15) is 13.2 Å². The standard InChI is InChI=1S/C11H7BrF3NO2/c12-6-1-2-9-7(3-6)8(10(17)18)4-16(9)5-11(13,14)15/h1-4H,5H2,(H,17,18). The Morgan fingerprint density at radius 1 is 1.39 bits per heavy atom. The van der Waals surface area contributed by atoms with E-state index in [1.807, 2.05) is 0 Å². The smallest absolute Gasteiger partial charge is 0.406 e. The minimum atomic E-state index is -4.39. The molecule has 1 N–H and O–H groups in total. The summed E-state index contributed by atoms with van der Waals surface area (Å²) in [6, 6.07) is 4.52. The Balaban J connectivity index is 2.65. The average Bonchev–Trinajstić information content (AvgIpc) is 2.54. The maximum atomic E-state index is 12.4. The Bertz CT molecular complexity index is 619. The van der Waals surface area contributed by atoms with Gasteiger partial charge in [0, 0.05) is 21.6 Å². The Morgan fingerprint density at radius 3 is 2.61 bits per heavy atom. The molecule has 0 fully saturated rings. The molecule has 18 heavy (non-hydrogen) atoms. The second-order valence-electron chi connectivity index (χ2n) is 3.75. The fourth-order valence-electron chi connectivity index (χ4n) is 1.76. The van der Waals surface area contributed by atoms with E-state index in [1.165, 1.54) is 12.1 Å². The number of fused-ring (bicyclic) bond motifs is 1. The summed E-state index contributed by atoms with van der Waals surface area (Å²) in [5.74, 6) is -1.25. The van der Waals surface area contributed by atoms with E-state index in [1.54, 1.807) is 6.07 Å². The summed E-state index contributed by atoms with van der Waals surface area (Å²) in [5.41, 5.74) is 0.100. The lowest BCUT2D eigenvalue weighted by Gasteiger charge is -2.08. The highest BCUT2D eigenvalue weighted by Crippen LogP contribution is 2.28. The zero-order valence-electron chi connectivity index (χ0n) is 8.83. The van der Waals surface area contributed by atoms with Gasteiger partial charge < -0.3 is 9.67 Å². The number of aromatic carboxylic acids is 1. The molecule has 7 heteroatoms. The molecule has 0 aliphatic rings. The van der Waals surface area contributed by atoms with Crippen LogP contribution in [-0.4, -0.2) is 21.8 Å². The molecule has 0 saturated heterocycles. The van der Waals surface area contributed by atoms with Crippen LogP contribution in [0.1, 0.15) is 10.4 Å². The predicted octanol–water partition coefficient (Wildman–Crippen LogP) is 3.66. The third-order valence-corrected chi connectivity index (χ3v) is 2.92. The van der Waals surface area contributed by atoms with Gasteiger partial charge in [0.1, 0.15) is 6.54 Å². The van der Waals surface area contributed by atoms with Crippen molar-refractivity contribution in [2.45, 2.75) is 12.7 Å². The predicted molar refractivity (Wildman–Crippen MR) is 62.7 cm³/mol. The van der Waals surface area contributed by atoms with Crippen LogP contribution >= 0.6 is 15.9 Å². The number of hydrogen-bond acceptors (Lipinski definition) is 1. The fourth-order valence-corrected chi connectivity index (χ4v) is 2.12. The average molecular weight is 322 g/mol. The molecule has 3 nitrogen and oxygen atoms in total. The highest BCUT2D eigenvalue weighted by Gasteiger charge is 2.29. The lowest BCUT2D eigenvalue weighted by Crippen LogP contribution is -2.16. The second kappa shape index (κ2) is 4.31. The molecule has 0 spiro atoms. The SMILES string of the molecule is O=C(O)c1cn(CC(F)(F)F)c2ccc(Br)cc12. The van der Waals surface area contributed by atoms with Crippen molar-refractivity contribution in [3.63, 3.8) is 0 Å². The van der Waals surface area contributed by atoms with Crippen LogP contribution in [0.25, 0.3) is 10.9 Å². The lowest BCUT2D eigenvalue weighted by molar-refractivity contribution is -0.139. The first-order valence-corrected chi connectivity index (χ1v) is 5.65. The van der Waals surface area contributed by atoms with Gasteiger partial charge in [-0.3, -0.25) is 0 Å². The van der Waals surface area contributed by atoms with Crippen molar-refractivity contribution in [1.29, 1.82) is 0 Å². The number of carboxylic acids is 1. The Kier molecular flexibility index (Phi) is 3.10. The Morgan fingerprint density at radius 2 is 2.06 bits per heavy atom. The first-order valence-electron chi connectivity index (χ1n) is 4.86. The van der Waals surface area contributed by atoms with Crippen molar-refractivity contribution < 1.29 is 23.1 Å². The van der Waals surface area contributed by atoms with Gasteiger partial charge in [-0.15, -0.1) is 0 Å². The van der Waals surface area contributed by atoms with Crippen molar-refractivity contribution in [1.82, 2.24) is 4.57 Å². The van der Waals surface area contributed by atoms with E-state index < -0.39 is 18.7 Å². The topological polar surface area (TPSA) is 42.2 Å². The number of benzene rings is 1. The molecule has 0 bridgehead atoms. The van der Waals surface area contributed by atoms with Crippen LogP contribution in [0.5, 0.6) is 0 Å². The third-order valence-electron chi connectivity index (χ3n) is 2.42. The van der Waals surface area contributed by atoms with E-state index in [-0.39, 0.29) is 16.5 Å². The quantitative estimate of drug-likeness (QED) is 0.917. The molecule has 96 valence electrons. The van der Waals surface area contributed by atoms with Crippen molar-refractivity contribution in [3.8, 4) is 0 Å². The molecule has 1 aromatic carbocycles. The summed E-state index contributed by atoms with van der Waals surface area (Å²) in [6.07, 6.45) is -3.39. The molecule has 0 atom stereocenters. The minimum absolute atomic E-state index is 0.143. The van der Waals surface area contributed by atoms with Crippen LogP contribution in [0.3, 0.4) is 0 Å². The van der Waals surface area contributed by atoms with Gasteiger partial charge in [0.25, 0.3) is 0 Å². The van der Waals surface area contributed by atoms with Crippen LogP contribution in [0, 0.1) is 0 Å². The molecule has 1 heterocycles.